The van der Waals surface area contributed by atoms with E-state index in [9.17, 15) is 4.79 Å². The van der Waals surface area contributed by atoms with Gasteiger partial charge in [0.15, 0.2) is 5.96 Å². The number of nitrogens with zero attached hydrogens (tertiary/aromatic N) is 1. The summed E-state index contributed by atoms with van der Waals surface area (Å²) < 4.78 is 0. The Balaban J connectivity index is 2.02. The van der Waals surface area contributed by atoms with Crippen molar-refractivity contribution in [3.63, 3.8) is 0 Å². The molecule has 0 saturated carbocycles. The molecule has 6 heteroatoms. The van der Waals surface area contributed by atoms with Gasteiger partial charge in [-0.2, -0.15) is 0 Å². The normalized spacial score (nSPS) is 12.1. The van der Waals surface area contributed by atoms with E-state index in [-0.39, 0.29) is 24.0 Å². The van der Waals surface area contributed by atoms with E-state index in [2.05, 4.69) is 15.6 Å². The van der Waals surface area contributed by atoms with E-state index < -0.39 is 0 Å². The first kappa shape index (κ1) is 18.7. The Bertz CT molecular complexity index is 737. The summed E-state index contributed by atoms with van der Waals surface area (Å²) in [4.78, 5) is 16.6. The number of nitrogens with two attached hydrogens (primary N) is 2. The average molecular weight is 341 g/mol. The van der Waals surface area contributed by atoms with E-state index in [0.29, 0.717) is 13.0 Å². The molecule has 6 N–H and O–H groups in total. The van der Waals surface area contributed by atoms with E-state index in [4.69, 9.17) is 11.5 Å². The zero-order valence-electron chi connectivity index (χ0n) is 14.8. The second-order valence-electron chi connectivity index (χ2n) is 6.37. The first-order valence-electron chi connectivity index (χ1n) is 8.57. The molecule has 2 aromatic rings. The lowest BCUT2D eigenvalue weighted by Crippen LogP contribution is -2.44. The highest BCUT2D eigenvalue weighted by Gasteiger charge is 2.19. The third-order valence-corrected chi connectivity index (χ3v) is 3.81. The van der Waals surface area contributed by atoms with Crippen molar-refractivity contribution in [2.45, 2.75) is 38.8 Å². The van der Waals surface area contributed by atoms with Gasteiger partial charge >= 0.3 is 0 Å². The molecule has 1 amide bonds. The van der Waals surface area contributed by atoms with E-state index in [1.807, 2.05) is 56.3 Å². The lowest BCUT2D eigenvalue weighted by Gasteiger charge is -2.20. The minimum atomic E-state index is -0.291. The molecule has 0 heterocycles. The molecule has 0 bridgehead atoms. The molecular formula is C19H27N5O. The van der Waals surface area contributed by atoms with Gasteiger partial charge in [0.05, 0.1) is 6.04 Å². The van der Waals surface area contributed by atoms with E-state index >= 15 is 0 Å². The van der Waals surface area contributed by atoms with Crippen LogP contribution in [0, 0.1) is 0 Å². The zero-order chi connectivity index (χ0) is 18.2. The first-order chi connectivity index (χ1) is 12.0. The monoisotopic (exact) mass is 341 g/mol. The highest BCUT2D eigenvalue weighted by molar-refractivity contribution is 5.97. The molecule has 0 spiro atoms. The summed E-state index contributed by atoms with van der Waals surface area (Å²) in [6.45, 7) is 4.56. The summed E-state index contributed by atoms with van der Waals surface area (Å²) in [5.41, 5.74) is 11.5. The van der Waals surface area contributed by atoms with Crippen molar-refractivity contribution in [1.29, 1.82) is 0 Å². The maximum Gasteiger partial charge on any atom is 0.241 e. The highest BCUT2D eigenvalue weighted by atomic mass is 16.2. The van der Waals surface area contributed by atoms with Crippen LogP contribution in [0.1, 0.15) is 26.7 Å². The van der Waals surface area contributed by atoms with Crippen molar-refractivity contribution < 1.29 is 4.79 Å². The zero-order valence-corrected chi connectivity index (χ0v) is 14.8. The largest absolute Gasteiger partial charge is 0.370 e. The van der Waals surface area contributed by atoms with Crippen LogP contribution in [0.3, 0.4) is 0 Å². The number of amides is 1. The molecule has 0 fully saturated rings. The number of carbonyl (C=O) groups is 1. The van der Waals surface area contributed by atoms with Crippen LogP contribution in [-0.4, -0.2) is 30.5 Å². The second-order valence-corrected chi connectivity index (χ2v) is 6.37. The number of hydrogen-bond acceptors (Lipinski definition) is 3. The standard InChI is InChI=1S/C19H27N5O/c1-13(2)23-17(8-5-11-22-19(20)21)18(25)24-16-10-9-14-6-3-4-7-15(14)12-16/h3-4,6-7,9-10,12-13,17,23H,5,8,11H2,1-2H3,(H,24,25)(H4,20,21,22). The summed E-state index contributed by atoms with van der Waals surface area (Å²) >= 11 is 0. The van der Waals surface area contributed by atoms with Crippen LogP contribution in [0.5, 0.6) is 0 Å². The first-order valence-corrected chi connectivity index (χ1v) is 8.57. The van der Waals surface area contributed by atoms with Crippen molar-refractivity contribution in [2.75, 3.05) is 11.9 Å². The topological polar surface area (TPSA) is 106 Å². The third kappa shape index (κ3) is 6.08. The van der Waals surface area contributed by atoms with Crippen molar-refractivity contribution in [2.24, 2.45) is 16.5 Å². The quantitative estimate of drug-likeness (QED) is 0.335. The molecular weight excluding hydrogens is 314 g/mol. The van der Waals surface area contributed by atoms with Gasteiger partial charge in [-0.25, -0.2) is 0 Å². The number of fused-ring (bicyclic) bond motifs is 1. The molecule has 0 aliphatic heterocycles. The minimum absolute atomic E-state index is 0.0475. The van der Waals surface area contributed by atoms with Gasteiger partial charge in [0, 0.05) is 18.3 Å². The number of guanidine groups is 1. The second kappa shape index (κ2) is 9.03. The highest BCUT2D eigenvalue weighted by Crippen LogP contribution is 2.19. The smallest absolute Gasteiger partial charge is 0.241 e. The lowest BCUT2D eigenvalue weighted by atomic mass is 10.1. The van der Waals surface area contributed by atoms with Gasteiger partial charge in [0.1, 0.15) is 0 Å². The van der Waals surface area contributed by atoms with Crippen LogP contribution in [-0.2, 0) is 4.79 Å². The fourth-order valence-electron chi connectivity index (χ4n) is 2.69. The minimum Gasteiger partial charge on any atom is -0.370 e. The van der Waals surface area contributed by atoms with Gasteiger partial charge in [0.25, 0.3) is 0 Å². The lowest BCUT2D eigenvalue weighted by molar-refractivity contribution is -0.118. The molecule has 1 atom stereocenters. The number of benzene rings is 2. The van der Waals surface area contributed by atoms with Crippen LogP contribution in [0.4, 0.5) is 5.69 Å². The Morgan fingerprint density at radius 3 is 2.52 bits per heavy atom. The summed E-state index contributed by atoms with van der Waals surface area (Å²) in [7, 11) is 0. The Morgan fingerprint density at radius 1 is 1.12 bits per heavy atom. The van der Waals surface area contributed by atoms with Crippen LogP contribution >= 0.6 is 0 Å². The molecule has 25 heavy (non-hydrogen) atoms. The number of aliphatic imine (C=N–C) groups is 1. The Labute approximate surface area is 148 Å². The maximum atomic E-state index is 12.7. The van der Waals surface area contributed by atoms with Gasteiger partial charge in [-0.3, -0.25) is 9.79 Å². The van der Waals surface area contributed by atoms with Crippen LogP contribution in [0.15, 0.2) is 47.5 Å². The third-order valence-electron chi connectivity index (χ3n) is 3.81. The summed E-state index contributed by atoms with van der Waals surface area (Å²) in [5, 5.41) is 8.55. The van der Waals surface area contributed by atoms with Crippen molar-refractivity contribution in [1.82, 2.24) is 5.32 Å². The molecule has 0 saturated heterocycles. The molecule has 2 aromatic carbocycles. The maximum absolute atomic E-state index is 12.7. The Hall–Kier alpha value is -2.60. The fourth-order valence-corrected chi connectivity index (χ4v) is 2.69. The summed E-state index contributed by atoms with van der Waals surface area (Å²) in [6, 6.07) is 13.9. The predicted molar refractivity (Wildman–Crippen MR) is 105 cm³/mol. The van der Waals surface area contributed by atoms with Gasteiger partial charge in [-0.05, 0) is 35.7 Å². The molecule has 134 valence electrons. The van der Waals surface area contributed by atoms with Crippen LogP contribution in [0.2, 0.25) is 0 Å². The predicted octanol–water partition coefficient (Wildman–Crippen LogP) is 2.20. The number of carbonyl (C=O) groups excluding carboxylic acids is 1. The van der Waals surface area contributed by atoms with Gasteiger partial charge < -0.3 is 22.1 Å². The van der Waals surface area contributed by atoms with Crippen molar-refractivity contribution in [3.05, 3.63) is 42.5 Å². The molecule has 0 aliphatic rings. The Kier molecular flexibility index (Phi) is 6.77. The SMILES string of the molecule is CC(C)NC(CCCN=C(N)N)C(=O)Nc1ccc2ccccc2c1. The molecule has 6 nitrogen and oxygen atoms in total. The molecule has 0 radical (unpaired) electrons. The van der Waals surface area contributed by atoms with E-state index in [0.717, 1.165) is 22.9 Å². The molecule has 0 aliphatic carbocycles. The fraction of sp³-hybridized carbons (Fsp3) is 0.368. The number of anilines is 1. The molecule has 2 rings (SSSR count). The average Bonchev–Trinajstić information content (AvgIpc) is 2.57. The molecule has 0 aromatic heterocycles. The van der Waals surface area contributed by atoms with Crippen LogP contribution < -0.4 is 22.1 Å². The number of nitrogens with one attached hydrogen (secondary N) is 2. The molecule has 1 unspecified atom stereocenters. The van der Waals surface area contributed by atoms with Crippen molar-refractivity contribution >= 4 is 28.3 Å². The summed E-state index contributed by atoms with van der Waals surface area (Å²) in [5.74, 6) is 0.0302. The number of hydrogen-bond donors (Lipinski definition) is 4. The van der Waals surface area contributed by atoms with Crippen molar-refractivity contribution in [3.8, 4) is 0 Å². The van der Waals surface area contributed by atoms with Gasteiger partial charge in [-0.1, -0.05) is 44.2 Å². The van der Waals surface area contributed by atoms with Gasteiger partial charge in [-0.15, -0.1) is 0 Å². The summed E-state index contributed by atoms with van der Waals surface area (Å²) in [6.07, 6.45) is 1.39. The van der Waals surface area contributed by atoms with Crippen LogP contribution in [0.25, 0.3) is 10.8 Å². The van der Waals surface area contributed by atoms with E-state index in [1.54, 1.807) is 0 Å². The van der Waals surface area contributed by atoms with E-state index in [1.165, 1.54) is 0 Å². The number of rotatable bonds is 8. The van der Waals surface area contributed by atoms with Gasteiger partial charge in [0.2, 0.25) is 5.91 Å². The Morgan fingerprint density at radius 2 is 1.84 bits per heavy atom.